The molecule has 1 nitrogen and oxygen atoms in total. The van der Waals surface area contributed by atoms with Crippen molar-refractivity contribution in [3.8, 4) is 0 Å². The number of hydrogen-bond acceptors (Lipinski definition) is 1. The molecule has 3 rings (SSSR count). The van der Waals surface area contributed by atoms with Crippen molar-refractivity contribution in [3.05, 3.63) is 77.5 Å². The molecule has 1 heterocycles. The fourth-order valence-electron chi connectivity index (χ4n) is 2.58. The van der Waals surface area contributed by atoms with Gasteiger partial charge in [-0.05, 0) is 36.2 Å². The van der Waals surface area contributed by atoms with Gasteiger partial charge in [0.25, 0.3) is 0 Å². The van der Waals surface area contributed by atoms with Gasteiger partial charge in [0, 0.05) is 17.5 Å². The van der Waals surface area contributed by atoms with Crippen molar-refractivity contribution >= 4 is 10.9 Å². The van der Waals surface area contributed by atoms with Crippen LogP contribution in [0.3, 0.4) is 0 Å². The normalized spacial score (nSPS) is 12.5. The molecule has 0 aliphatic carbocycles. The summed E-state index contributed by atoms with van der Waals surface area (Å²) in [5.41, 5.74) is 5.05. The maximum Gasteiger partial charge on any atom is 0.0705 e. The predicted molar refractivity (Wildman–Crippen MR) is 80.4 cm³/mol. The molecule has 1 aromatic heterocycles. The minimum absolute atomic E-state index is 0.383. The highest BCUT2D eigenvalue weighted by atomic mass is 14.6. The number of rotatable bonds is 2. The third-order valence-corrected chi connectivity index (χ3v) is 3.70. The second kappa shape index (κ2) is 4.85. The summed E-state index contributed by atoms with van der Waals surface area (Å²) in [6.45, 7) is 4.38. The van der Waals surface area contributed by atoms with Crippen LogP contribution in [0.15, 0.2) is 60.8 Å². The van der Waals surface area contributed by atoms with Crippen LogP contribution in [-0.4, -0.2) is 4.98 Å². The Morgan fingerprint density at radius 2 is 1.74 bits per heavy atom. The minimum Gasteiger partial charge on any atom is -0.256 e. The Bertz CT molecular complexity index is 701. The average Bonchev–Trinajstić information content (AvgIpc) is 2.47. The topological polar surface area (TPSA) is 12.9 Å². The van der Waals surface area contributed by atoms with Crippen LogP contribution in [0.1, 0.15) is 29.5 Å². The molecule has 0 bridgehead atoms. The fourth-order valence-corrected chi connectivity index (χ4v) is 2.58. The first kappa shape index (κ1) is 11.9. The van der Waals surface area contributed by atoms with E-state index in [0.29, 0.717) is 5.92 Å². The quantitative estimate of drug-likeness (QED) is 0.640. The van der Waals surface area contributed by atoms with Crippen LogP contribution in [0.4, 0.5) is 0 Å². The lowest BCUT2D eigenvalue weighted by Crippen LogP contribution is -1.98. The van der Waals surface area contributed by atoms with Gasteiger partial charge in [-0.1, -0.05) is 48.9 Å². The average molecular weight is 247 g/mol. The number of aromatic nitrogens is 1. The molecule has 94 valence electrons. The largest absolute Gasteiger partial charge is 0.256 e. The number of nitrogens with zero attached hydrogens (tertiary/aromatic N) is 1. The van der Waals surface area contributed by atoms with E-state index in [-0.39, 0.29) is 0 Å². The standard InChI is InChI=1S/C18H17N/c1-13-8-9-18-17(12-13)16(10-11-19-18)14(2)15-6-4-3-5-7-15/h3-12,14H,1-2H3. The van der Waals surface area contributed by atoms with Crippen molar-refractivity contribution in [1.29, 1.82) is 0 Å². The molecule has 0 aliphatic rings. The van der Waals surface area contributed by atoms with E-state index in [1.54, 1.807) is 0 Å². The van der Waals surface area contributed by atoms with Gasteiger partial charge in [-0.25, -0.2) is 0 Å². The van der Waals surface area contributed by atoms with Crippen LogP contribution in [0, 0.1) is 6.92 Å². The third-order valence-electron chi connectivity index (χ3n) is 3.70. The van der Waals surface area contributed by atoms with Gasteiger partial charge in [-0.2, -0.15) is 0 Å². The number of aryl methyl sites for hydroxylation is 1. The number of hydrogen-bond donors (Lipinski definition) is 0. The van der Waals surface area contributed by atoms with Gasteiger partial charge >= 0.3 is 0 Å². The monoisotopic (exact) mass is 247 g/mol. The first-order chi connectivity index (χ1) is 9.25. The van der Waals surface area contributed by atoms with Gasteiger partial charge in [0.1, 0.15) is 0 Å². The van der Waals surface area contributed by atoms with Gasteiger partial charge in [0.05, 0.1) is 5.52 Å². The maximum absolute atomic E-state index is 4.46. The van der Waals surface area contributed by atoms with Crippen LogP contribution < -0.4 is 0 Å². The van der Waals surface area contributed by atoms with Crippen LogP contribution in [0.25, 0.3) is 10.9 Å². The highest BCUT2D eigenvalue weighted by Crippen LogP contribution is 2.29. The number of pyridine rings is 1. The molecule has 0 saturated carbocycles. The summed E-state index contributed by atoms with van der Waals surface area (Å²) in [6.07, 6.45) is 1.91. The lowest BCUT2D eigenvalue weighted by atomic mass is 9.90. The molecule has 0 radical (unpaired) electrons. The minimum atomic E-state index is 0.383. The van der Waals surface area contributed by atoms with Crippen molar-refractivity contribution in [2.75, 3.05) is 0 Å². The molecule has 3 aromatic rings. The van der Waals surface area contributed by atoms with Gasteiger partial charge in [-0.3, -0.25) is 4.98 Å². The van der Waals surface area contributed by atoms with E-state index >= 15 is 0 Å². The zero-order valence-corrected chi connectivity index (χ0v) is 11.3. The molecule has 1 atom stereocenters. The Labute approximate surface area is 113 Å². The lowest BCUT2D eigenvalue weighted by Gasteiger charge is -2.15. The van der Waals surface area contributed by atoms with Crippen molar-refractivity contribution < 1.29 is 0 Å². The molecule has 0 saturated heterocycles. The summed E-state index contributed by atoms with van der Waals surface area (Å²) in [7, 11) is 0. The summed E-state index contributed by atoms with van der Waals surface area (Å²) in [4.78, 5) is 4.46. The zero-order chi connectivity index (χ0) is 13.2. The SMILES string of the molecule is Cc1ccc2nccc(C(C)c3ccccc3)c2c1. The zero-order valence-electron chi connectivity index (χ0n) is 11.3. The summed E-state index contributed by atoms with van der Waals surface area (Å²) in [5.74, 6) is 0.383. The highest BCUT2D eigenvalue weighted by Gasteiger charge is 2.11. The third kappa shape index (κ3) is 2.24. The van der Waals surface area contributed by atoms with Crippen LogP contribution in [0.2, 0.25) is 0 Å². The first-order valence-electron chi connectivity index (χ1n) is 6.66. The Morgan fingerprint density at radius 1 is 0.947 bits per heavy atom. The van der Waals surface area contributed by atoms with Gasteiger partial charge in [-0.15, -0.1) is 0 Å². The van der Waals surface area contributed by atoms with Crippen molar-refractivity contribution in [2.45, 2.75) is 19.8 Å². The maximum atomic E-state index is 4.46. The molecule has 0 amide bonds. The van der Waals surface area contributed by atoms with Crippen LogP contribution >= 0.6 is 0 Å². The Morgan fingerprint density at radius 3 is 2.53 bits per heavy atom. The van der Waals surface area contributed by atoms with Crippen molar-refractivity contribution in [1.82, 2.24) is 4.98 Å². The Hall–Kier alpha value is -2.15. The fraction of sp³-hybridized carbons (Fsp3) is 0.167. The number of fused-ring (bicyclic) bond motifs is 1. The number of benzene rings is 2. The van der Waals surface area contributed by atoms with Gasteiger partial charge in [0.2, 0.25) is 0 Å². The van der Waals surface area contributed by atoms with Crippen LogP contribution in [-0.2, 0) is 0 Å². The van der Waals surface area contributed by atoms with E-state index in [4.69, 9.17) is 0 Å². The van der Waals surface area contributed by atoms with Crippen molar-refractivity contribution in [3.63, 3.8) is 0 Å². The summed E-state index contributed by atoms with van der Waals surface area (Å²) >= 11 is 0. The van der Waals surface area contributed by atoms with Gasteiger partial charge in [0.15, 0.2) is 0 Å². The molecule has 0 spiro atoms. The molecular formula is C18H17N. The predicted octanol–water partition coefficient (Wildman–Crippen LogP) is 4.70. The second-order valence-electron chi connectivity index (χ2n) is 5.05. The molecular weight excluding hydrogens is 230 g/mol. The van der Waals surface area contributed by atoms with E-state index in [0.717, 1.165) is 5.52 Å². The van der Waals surface area contributed by atoms with E-state index in [9.17, 15) is 0 Å². The lowest BCUT2D eigenvalue weighted by molar-refractivity contribution is 0.930. The first-order valence-corrected chi connectivity index (χ1v) is 6.66. The molecule has 0 N–H and O–H groups in total. The van der Waals surface area contributed by atoms with Crippen LogP contribution in [0.5, 0.6) is 0 Å². The second-order valence-corrected chi connectivity index (χ2v) is 5.05. The molecule has 1 unspecified atom stereocenters. The molecule has 1 heteroatoms. The summed E-state index contributed by atoms with van der Waals surface area (Å²) in [5, 5.41) is 1.26. The Balaban J connectivity index is 2.17. The molecule has 19 heavy (non-hydrogen) atoms. The molecule has 0 aliphatic heterocycles. The van der Waals surface area contributed by atoms with E-state index in [2.05, 4.69) is 73.4 Å². The highest BCUT2D eigenvalue weighted by molar-refractivity contribution is 5.83. The summed E-state index contributed by atoms with van der Waals surface area (Å²) in [6, 6.07) is 19.2. The Kier molecular flexibility index (Phi) is 3.04. The van der Waals surface area contributed by atoms with E-state index in [1.807, 2.05) is 6.20 Å². The van der Waals surface area contributed by atoms with Gasteiger partial charge < -0.3 is 0 Å². The summed E-state index contributed by atoms with van der Waals surface area (Å²) < 4.78 is 0. The van der Waals surface area contributed by atoms with E-state index in [1.165, 1.54) is 22.1 Å². The smallest absolute Gasteiger partial charge is 0.0705 e. The van der Waals surface area contributed by atoms with E-state index < -0.39 is 0 Å². The van der Waals surface area contributed by atoms with Crippen molar-refractivity contribution in [2.24, 2.45) is 0 Å². The molecule has 0 fully saturated rings. The molecule has 2 aromatic carbocycles.